The van der Waals surface area contributed by atoms with Crippen LogP contribution in [0.5, 0.6) is 0 Å². The Balaban J connectivity index is 1.27. The molecule has 4 heterocycles. The number of rotatable bonds is 3. The van der Waals surface area contributed by atoms with E-state index >= 15 is 0 Å². The van der Waals surface area contributed by atoms with Crippen LogP contribution in [-0.4, -0.2) is 77.2 Å². The van der Waals surface area contributed by atoms with Crippen molar-refractivity contribution >= 4 is 11.9 Å². The van der Waals surface area contributed by atoms with E-state index in [0.29, 0.717) is 13.2 Å². The highest BCUT2D eigenvalue weighted by molar-refractivity contribution is 5.82. The van der Waals surface area contributed by atoms with Crippen LogP contribution in [0.2, 0.25) is 0 Å². The van der Waals surface area contributed by atoms with Gasteiger partial charge in [0.1, 0.15) is 11.9 Å². The number of nitrogens with zero attached hydrogens (tertiary/aromatic N) is 5. The van der Waals surface area contributed by atoms with Gasteiger partial charge in [-0.05, 0) is 25.7 Å². The van der Waals surface area contributed by atoms with E-state index in [4.69, 9.17) is 9.72 Å². The molecule has 1 atom stereocenters. The maximum absolute atomic E-state index is 12.5. The third-order valence-electron chi connectivity index (χ3n) is 5.69. The second-order valence-corrected chi connectivity index (χ2v) is 7.51. The first-order chi connectivity index (χ1) is 13.2. The number of ether oxygens (including phenoxy) is 1. The average Bonchev–Trinajstić information content (AvgIpc) is 3.38. The number of amides is 1. The van der Waals surface area contributed by atoms with E-state index in [2.05, 4.69) is 26.0 Å². The molecule has 27 heavy (non-hydrogen) atoms. The van der Waals surface area contributed by atoms with Crippen LogP contribution in [0.4, 0.5) is 0 Å². The third-order valence-corrected chi connectivity index (χ3v) is 5.69. The van der Waals surface area contributed by atoms with E-state index in [1.165, 1.54) is 18.7 Å². The second-order valence-electron chi connectivity index (χ2n) is 7.51. The van der Waals surface area contributed by atoms with Crippen molar-refractivity contribution < 1.29 is 9.53 Å². The summed E-state index contributed by atoms with van der Waals surface area (Å²) < 4.78 is 7.81. The zero-order chi connectivity index (χ0) is 18.6. The number of aryl methyl sites for hydroxylation is 2. The number of piperazine rings is 1. The molecule has 4 rings (SSSR count). The molecular formula is C19H30N6O2. The molecule has 0 aliphatic carbocycles. The Labute approximate surface area is 160 Å². The van der Waals surface area contributed by atoms with E-state index in [9.17, 15) is 4.79 Å². The summed E-state index contributed by atoms with van der Waals surface area (Å²) in [6.07, 6.45) is 7.35. The number of carbonyl (C=O) groups is 1. The Morgan fingerprint density at radius 1 is 1.22 bits per heavy atom. The van der Waals surface area contributed by atoms with E-state index in [1.807, 2.05) is 11.9 Å². The quantitative estimate of drug-likeness (QED) is 0.620. The smallest absolute Gasteiger partial charge is 0.251 e. The molecule has 1 amide bonds. The molecule has 148 valence electrons. The lowest BCUT2D eigenvalue weighted by Gasteiger charge is -2.37. The number of nitrogens with one attached hydrogen (secondary N) is 1. The van der Waals surface area contributed by atoms with Crippen molar-refractivity contribution in [2.75, 3.05) is 39.8 Å². The standard InChI is InChI=1S/C19H30N6O2/c1-20-19(21-13-15-14-25-7-3-2-6-17(25)22-15)24-10-8-23(9-11-24)18(26)16-5-4-12-27-16/h14,16H,2-13H2,1H3,(H,20,21). The summed E-state index contributed by atoms with van der Waals surface area (Å²) in [5, 5.41) is 3.44. The third kappa shape index (κ3) is 4.10. The maximum Gasteiger partial charge on any atom is 0.251 e. The predicted molar refractivity (Wildman–Crippen MR) is 102 cm³/mol. The molecule has 1 unspecified atom stereocenters. The van der Waals surface area contributed by atoms with Gasteiger partial charge in [-0.3, -0.25) is 9.79 Å². The molecule has 1 aromatic heterocycles. The number of imidazole rings is 1. The summed E-state index contributed by atoms with van der Waals surface area (Å²) in [5.41, 5.74) is 1.07. The summed E-state index contributed by atoms with van der Waals surface area (Å²) in [4.78, 5) is 25.8. The molecule has 2 saturated heterocycles. The fourth-order valence-corrected chi connectivity index (χ4v) is 4.17. The van der Waals surface area contributed by atoms with Crippen molar-refractivity contribution in [1.82, 2.24) is 24.7 Å². The molecule has 0 aromatic carbocycles. The fourth-order valence-electron chi connectivity index (χ4n) is 4.17. The van der Waals surface area contributed by atoms with Crippen molar-refractivity contribution in [3.8, 4) is 0 Å². The summed E-state index contributed by atoms with van der Waals surface area (Å²) in [5.74, 6) is 2.23. The zero-order valence-corrected chi connectivity index (χ0v) is 16.2. The summed E-state index contributed by atoms with van der Waals surface area (Å²) in [7, 11) is 1.81. The van der Waals surface area contributed by atoms with Gasteiger partial charge in [0.2, 0.25) is 0 Å². The summed E-state index contributed by atoms with van der Waals surface area (Å²) in [6.45, 7) is 5.50. The van der Waals surface area contributed by atoms with Crippen molar-refractivity contribution in [2.24, 2.45) is 4.99 Å². The van der Waals surface area contributed by atoms with Crippen LogP contribution in [0.25, 0.3) is 0 Å². The number of fused-ring (bicyclic) bond motifs is 1. The largest absolute Gasteiger partial charge is 0.368 e. The van der Waals surface area contributed by atoms with Crippen molar-refractivity contribution in [2.45, 2.75) is 51.3 Å². The van der Waals surface area contributed by atoms with Gasteiger partial charge in [-0.15, -0.1) is 0 Å². The van der Waals surface area contributed by atoms with Gasteiger partial charge < -0.3 is 24.4 Å². The van der Waals surface area contributed by atoms with Crippen LogP contribution >= 0.6 is 0 Å². The molecule has 0 saturated carbocycles. The molecular weight excluding hydrogens is 344 g/mol. The molecule has 1 aromatic rings. The lowest BCUT2D eigenvalue weighted by Crippen LogP contribution is -2.55. The lowest BCUT2D eigenvalue weighted by atomic mass is 10.2. The van der Waals surface area contributed by atoms with Crippen molar-refractivity contribution in [3.63, 3.8) is 0 Å². The monoisotopic (exact) mass is 374 g/mol. The number of aromatic nitrogens is 2. The van der Waals surface area contributed by atoms with Crippen LogP contribution in [0.3, 0.4) is 0 Å². The van der Waals surface area contributed by atoms with Crippen LogP contribution in [-0.2, 0) is 29.0 Å². The number of guanidine groups is 1. The Kier molecular flexibility index (Phi) is 5.61. The zero-order valence-electron chi connectivity index (χ0n) is 16.2. The molecule has 3 aliphatic heterocycles. The van der Waals surface area contributed by atoms with E-state index in [1.54, 1.807) is 0 Å². The minimum Gasteiger partial charge on any atom is -0.368 e. The SMILES string of the molecule is CN=C(NCc1cn2c(n1)CCCC2)N1CCN(C(=O)C2CCCO2)CC1. The number of hydrogen-bond donors (Lipinski definition) is 1. The minimum atomic E-state index is -0.221. The van der Waals surface area contributed by atoms with Crippen molar-refractivity contribution in [1.29, 1.82) is 0 Å². The first kappa shape index (κ1) is 18.3. The highest BCUT2D eigenvalue weighted by atomic mass is 16.5. The van der Waals surface area contributed by atoms with E-state index in [-0.39, 0.29) is 12.0 Å². The fraction of sp³-hybridized carbons (Fsp3) is 0.737. The summed E-state index contributed by atoms with van der Waals surface area (Å²) in [6, 6.07) is 0. The highest BCUT2D eigenvalue weighted by Crippen LogP contribution is 2.16. The average molecular weight is 374 g/mol. The normalized spacial score (nSPS) is 23.4. The van der Waals surface area contributed by atoms with Gasteiger partial charge in [0.15, 0.2) is 5.96 Å². The highest BCUT2D eigenvalue weighted by Gasteiger charge is 2.30. The molecule has 2 fully saturated rings. The topological polar surface area (TPSA) is 75.0 Å². The maximum atomic E-state index is 12.5. The van der Waals surface area contributed by atoms with Gasteiger partial charge >= 0.3 is 0 Å². The first-order valence-corrected chi connectivity index (χ1v) is 10.2. The van der Waals surface area contributed by atoms with Gasteiger partial charge in [0, 0.05) is 59.0 Å². The van der Waals surface area contributed by atoms with Gasteiger partial charge in [0.25, 0.3) is 5.91 Å². The number of aliphatic imine (C=N–C) groups is 1. The second kappa shape index (κ2) is 8.29. The van der Waals surface area contributed by atoms with Crippen LogP contribution in [0.15, 0.2) is 11.2 Å². The Morgan fingerprint density at radius 3 is 2.74 bits per heavy atom. The minimum absolute atomic E-state index is 0.152. The summed E-state index contributed by atoms with van der Waals surface area (Å²) >= 11 is 0. The van der Waals surface area contributed by atoms with Crippen LogP contribution in [0, 0.1) is 0 Å². The number of hydrogen-bond acceptors (Lipinski definition) is 4. The molecule has 0 spiro atoms. The molecule has 3 aliphatic rings. The molecule has 0 radical (unpaired) electrons. The van der Waals surface area contributed by atoms with E-state index < -0.39 is 0 Å². The Morgan fingerprint density at radius 2 is 2.04 bits per heavy atom. The Hall–Kier alpha value is -2.09. The van der Waals surface area contributed by atoms with Crippen molar-refractivity contribution in [3.05, 3.63) is 17.7 Å². The van der Waals surface area contributed by atoms with Crippen LogP contribution in [0.1, 0.15) is 37.2 Å². The molecule has 8 heteroatoms. The molecule has 8 nitrogen and oxygen atoms in total. The van der Waals surface area contributed by atoms with Gasteiger partial charge in [-0.2, -0.15) is 0 Å². The van der Waals surface area contributed by atoms with Gasteiger partial charge in [-0.25, -0.2) is 4.98 Å². The number of carbonyl (C=O) groups excluding carboxylic acids is 1. The molecule has 0 bridgehead atoms. The predicted octanol–water partition coefficient (Wildman–Crippen LogP) is 0.618. The van der Waals surface area contributed by atoms with Gasteiger partial charge in [0.05, 0.1) is 12.2 Å². The van der Waals surface area contributed by atoms with Gasteiger partial charge in [-0.1, -0.05) is 0 Å². The first-order valence-electron chi connectivity index (χ1n) is 10.2. The molecule has 1 N–H and O–H groups in total. The Bertz CT molecular complexity index is 663. The van der Waals surface area contributed by atoms with E-state index in [0.717, 1.165) is 63.6 Å². The van der Waals surface area contributed by atoms with Crippen LogP contribution < -0.4 is 5.32 Å². The lowest BCUT2D eigenvalue weighted by molar-refractivity contribution is -0.142.